The van der Waals surface area contributed by atoms with Gasteiger partial charge in [0.2, 0.25) is 11.5 Å². The number of nitrogens with zero attached hydrogens (tertiary/aromatic N) is 1. The molecule has 1 aromatic carbocycles. The molecule has 0 aliphatic carbocycles. The summed E-state index contributed by atoms with van der Waals surface area (Å²) in [6.45, 7) is 0.331. The highest BCUT2D eigenvalue weighted by Crippen LogP contribution is 2.46. The first-order valence-corrected chi connectivity index (χ1v) is 9.04. The summed E-state index contributed by atoms with van der Waals surface area (Å²) >= 11 is 1.57. The fraction of sp³-hybridized carbons (Fsp3) is 0.353. The molecular formula is C17H20N2O7S. The van der Waals surface area contributed by atoms with Crippen LogP contribution >= 0.6 is 11.8 Å². The van der Waals surface area contributed by atoms with Crippen molar-refractivity contribution >= 4 is 23.4 Å². The summed E-state index contributed by atoms with van der Waals surface area (Å²) < 4.78 is 20.6. The summed E-state index contributed by atoms with van der Waals surface area (Å²) in [4.78, 5) is 23.3. The van der Waals surface area contributed by atoms with Crippen molar-refractivity contribution in [3.63, 3.8) is 0 Å². The van der Waals surface area contributed by atoms with Crippen LogP contribution in [-0.2, 0) is 5.75 Å². The maximum atomic E-state index is 12.5. The van der Waals surface area contributed by atoms with E-state index in [9.17, 15) is 14.9 Å². The molecule has 1 N–H and O–H groups in total. The summed E-state index contributed by atoms with van der Waals surface area (Å²) in [5.41, 5.74) is -0.638. The summed E-state index contributed by atoms with van der Waals surface area (Å²) in [5.74, 6) is 1.58. The second kappa shape index (κ2) is 9.72. The Bertz CT molecular complexity index is 793. The van der Waals surface area contributed by atoms with Crippen LogP contribution in [0.25, 0.3) is 0 Å². The quantitative estimate of drug-likeness (QED) is 0.370. The molecule has 9 nitrogen and oxygen atoms in total. The molecule has 0 bridgehead atoms. The van der Waals surface area contributed by atoms with E-state index in [1.165, 1.54) is 27.4 Å². The van der Waals surface area contributed by atoms with Crippen molar-refractivity contribution in [2.45, 2.75) is 5.75 Å². The van der Waals surface area contributed by atoms with Gasteiger partial charge >= 0.3 is 5.69 Å². The highest BCUT2D eigenvalue weighted by molar-refractivity contribution is 7.98. The number of hydrogen-bond acceptors (Lipinski definition) is 8. The zero-order valence-electron chi connectivity index (χ0n) is 15.1. The standard InChI is InChI=1S/C17H20N2O7S/c1-23-13-9-12(14(19(21)22)16(25-3)15(13)24-2)17(20)18-6-8-27-10-11-5-4-7-26-11/h4-5,7,9H,6,8,10H2,1-3H3,(H,18,20). The molecule has 27 heavy (non-hydrogen) atoms. The highest BCUT2D eigenvalue weighted by Gasteiger charge is 2.32. The van der Waals surface area contributed by atoms with Gasteiger partial charge < -0.3 is 23.9 Å². The lowest BCUT2D eigenvalue weighted by molar-refractivity contribution is -0.386. The lowest BCUT2D eigenvalue weighted by Gasteiger charge is -2.14. The van der Waals surface area contributed by atoms with E-state index in [1.54, 1.807) is 24.1 Å². The van der Waals surface area contributed by atoms with Crippen molar-refractivity contribution in [2.24, 2.45) is 0 Å². The van der Waals surface area contributed by atoms with Gasteiger partial charge in [0.05, 0.1) is 38.3 Å². The van der Waals surface area contributed by atoms with Crippen LogP contribution in [0.4, 0.5) is 5.69 Å². The monoisotopic (exact) mass is 396 g/mol. The number of amides is 1. The number of hydrogen-bond donors (Lipinski definition) is 1. The van der Waals surface area contributed by atoms with Crippen molar-refractivity contribution in [2.75, 3.05) is 33.6 Å². The lowest BCUT2D eigenvalue weighted by Crippen LogP contribution is -2.26. The molecule has 2 rings (SSSR count). The number of nitro groups is 1. The van der Waals surface area contributed by atoms with E-state index >= 15 is 0 Å². The maximum Gasteiger partial charge on any atom is 0.327 e. The van der Waals surface area contributed by atoms with Crippen LogP contribution in [0.5, 0.6) is 17.2 Å². The molecule has 0 aliphatic heterocycles. The normalized spacial score (nSPS) is 10.3. The van der Waals surface area contributed by atoms with Gasteiger partial charge in [-0.2, -0.15) is 11.8 Å². The Kier molecular flexibility index (Phi) is 7.35. The maximum absolute atomic E-state index is 12.5. The number of rotatable bonds is 10. The minimum atomic E-state index is -0.679. The van der Waals surface area contributed by atoms with E-state index in [2.05, 4.69) is 5.32 Å². The molecule has 0 spiro atoms. The van der Waals surface area contributed by atoms with E-state index in [0.29, 0.717) is 18.1 Å². The molecule has 1 heterocycles. The van der Waals surface area contributed by atoms with Gasteiger partial charge in [-0.25, -0.2) is 0 Å². The third kappa shape index (κ3) is 4.85. The van der Waals surface area contributed by atoms with Gasteiger partial charge in [-0.15, -0.1) is 0 Å². The van der Waals surface area contributed by atoms with E-state index in [0.717, 1.165) is 5.76 Å². The van der Waals surface area contributed by atoms with Gasteiger partial charge in [0.15, 0.2) is 5.75 Å². The minimum absolute atomic E-state index is 0.0530. The average molecular weight is 396 g/mol. The van der Waals surface area contributed by atoms with E-state index in [4.69, 9.17) is 18.6 Å². The van der Waals surface area contributed by atoms with Crippen molar-refractivity contribution in [1.82, 2.24) is 5.32 Å². The number of ether oxygens (including phenoxy) is 3. The zero-order chi connectivity index (χ0) is 19.8. The third-order valence-electron chi connectivity index (χ3n) is 3.59. The van der Waals surface area contributed by atoms with Crippen molar-refractivity contribution in [3.8, 4) is 17.2 Å². The Labute approximate surface area is 160 Å². The van der Waals surface area contributed by atoms with Crippen LogP contribution < -0.4 is 19.5 Å². The SMILES string of the molecule is COc1cc(C(=O)NCCSCc2ccco2)c([N+](=O)[O-])c(OC)c1OC. The molecule has 1 aromatic heterocycles. The molecular weight excluding hydrogens is 376 g/mol. The van der Waals surface area contributed by atoms with E-state index in [-0.39, 0.29) is 22.8 Å². The summed E-state index contributed by atoms with van der Waals surface area (Å²) in [7, 11) is 3.97. The third-order valence-corrected chi connectivity index (χ3v) is 4.57. The summed E-state index contributed by atoms with van der Waals surface area (Å²) in [6.07, 6.45) is 1.60. The van der Waals surface area contributed by atoms with Crippen LogP contribution in [0.1, 0.15) is 16.1 Å². The highest BCUT2D eigenvalue weighted by atomic mass is 32.2. The Morgan fingerprint density at radius 3 is 2.56 bits per heavy atom. The Morgan fingerprint density at radius 2 is 2.00 bits per heavy atom. The number of methoxy groups -OCH3 is 3. The number of furan rings is 1. The first kappa shape index (κ1) is 20.4. The fourth-order valence-electron chi connectivity index (χ4n) is 2.39. The first-order valence-electron chi connectivity index (χ1n) is 7.89. The van der Waals surface area contributed by atoms with Gasteiger partial charge in [-0.05, 0) is 12.1 Å². The number of carbonyl (C=O) groups excluding carboxylic acids is 1. The topological polar surface area (TPSA) is 113 Å². The molecule has 0 aliphatic rings. The Balaban J connectivity index is 2.12. The molecule has 0 saturated carbocycles. The predicted octanol–water partition coefficient (Wildman–Crippen LogP) is 2.88. The second-order valence-electron chi connectivity index (χ2n) is 5.19. The first-order chi connectivity index (χ1) is 13.0. The Hall–Kier alpha value is -2.88. The van der Waals surface area contributed by atoms with E-state index in [1.807, 2.05) is 6.07 Å². The number of nitro benzene ring substituents is 1. The molecule has 0 unspecified atom stereocenters. The largest absolute Gasteiger partial charge is 0.493 e. The smallest absolute Gasteiger partial charge is 0.327 e. The molecule has 0 saturated heterocycles. The molecule has 0 radical (unpaired) electrons. The van der Waals surface area contributed by atoms with Crippen LogP contribution in [0.2, 0.25) is 0 Å². The van der Waals surface area contributed by atoms with Crippen LogP contribution in [0.15, 0.2) is 28.9 Å². The number of nitrogens with one attached hydrogen (secondary N) is 1. The van der Waals surface area contributed by atoms with Crippen molar-refractivity contribution in [1.29, 1.82) is 0 Å². The van der Waals surface area contributed by atoms with Crippen LogP contribution in [-0.4, -0.2) is 44.5 Å². The zero-order valence-corrected chi connectivity index (χ0v) is 16.0. The van der Waals surface area contributed by atoms with Crippen molar-refractivity contribution in [3.05, 3.63) is 45.9 Å². The summed E-state index contributed by atoms with van der Waals surface area (Å²) in [5, 5.41) is 14.2. The molecule has 10 heteroatoms. The number of thioether (sulfide) groups is 1. The van der Waals surface area contributed by atoms with Gasteiger partial charge in [-0.1, -0.05) is 0 Å². The van der Waals surface area contributed by atoms with Crippen LogP contribution in [0, 0.1) is 10.1 Å². The van der Waals surface area contributed by atoms with Gasteiger partial charge in [0, 0.05) is 18.4 Å². The number of benzene rings is 1. The summed E-state index contributed by atoms with van der Waals surface area (Å²) in [6, 6.07) is 4.94. The molecule has 2 aromatic rings. The lowest BCUT2D eigenvalue weighted by atomic mass is 10.1. The number of carbonyl (C=O) groups is 1. The fourth-order valence-corrected chi connectivity index (χ4v) is 3.15. The van der Waals surface area contributed by atoms with Crippen LogP contribution in [0.3, 0.4) is 0 Å². The van der Waals surface area contributed by atoms with Crippen molar-refractivity contribution < 1.29 is 28.3 Å². The average Bonchev–Trinajstić information content (AvgIpc) is 3.18. The molecule has 0 atom stereocenters. The molecule has 1 amide bonds. The van der Waals surface area contributed by atoms with Gasteiger partial charge in [0.25, 0.3) is 5.91 Å². The second-order valence-corrected chi connectivity index (χ2v) is 6.29. The van der Waals surface area contributed by atoms with Gasteiger partial charge in [-0.3, -0.25) is 14.9 Å². The molecule has 0 fully saturated rings. The minimum Gasteiger partial charge on any atom is -0.493 e. The van der Waals surface area contributed by atoms with E-state index < -0.39 is 16.5 Å². The molecule has 146 valence electrons. The Morgan fingerprint density at radius 1 is 1.26 bits per heavy atom. The van der Waals surface area contributed by atoms with Gasteiger partial charge in [0.1, 0.15) is 11.3 Å². The predicted molar refractivity (Wildman–Crippen MR) is 100.0 cm³/mol.